The molecule has 0 saturated heterocycles. The molecular weight excluding hydrogens is 194 g/mol. The Balaban J connectivity index is 2.52. The molecule has 0 aliphatic heterocycles. The van der Waals surface area contributed by atoms with E-state index in [2.05, 4.69) is 0 Å². The third-order valence-electron chi connectivity index (χ3n) is 2.79. The molecule has 74 valence electrons. The summed E-state index contributed by atoms with van der Waals surface area (Å²) in [6.45, 7) is 0. The number of benzene rings is 2. The van der Waals surface area contributed by atoms with Crippen molar-refractivity contribution in [1.82, 2.24) is 0 Å². The molecule has 2 aromatic rings. The van der Waals surface area contributed by atoms with Crippen LogP contribution in [0, 0.1) is 5.82 Å². The van der Waals surface area contributed by atoms with Crippen molar-refractivity contribution in [2.75, 3.05) is 0 Å². The summed E-state index contributed by atoms with van der Waals surface area (Å²) >= 11 is 0. The summed E-state index contributed by atoms with van der Waals surface area (Å²) in [6.07, 6.45) is 2.08. The van der Waals surface area contributed by atoms with Gasteiger partial charge in [0.15, 0.2) is 0 Å². The maximum atomic E-state index is 13.5. The Bertz CT molecular complexity index is 582. The van der Waals surface area contributed by atoms with Gasteiger partial charge in [0.25, 0.3) is 0 Å². The molecule has 0 unspecified atom stereocenters. The minimum Gasteiger partial charge on any atom is -0.207 e. The molecule has 0 N–H and O–H groups in total. The van der Waals surface area contributed by atoms with E-state index in [0.717, 1.165) is 16.3 Å². The van der Waals surface area contributed by atoms with Crippen LogP contribution >= 0.6 is 0 Å². The predicted molar refractivity (Wildman–Crippen MR) is 56.7 cm³/mol. The smallest absolute Gasteiger partial charge is 0.127 e. The Morgan fingerprint density at radius 2 is 1.93 bits per heavy atom. The maximum absolute atomic E-state index is 13.5. The lowest BCUT2D eigenvalue weighted by molar-refractivity contribution is 0.627. The third kappa shape index (κ3) is 1.18. The largest absolute Gasteiger partial charge is 0.207 e. The average molecular weight is 202 g/mol. The van der Waals surface area contributed by atoms with Gasteiger partial charge in [0.2, 0.25) is 0 Å². The van der Waals surface area contributed by atoms with Crippen molar-refractivity contribution < 1.29 is 8.78 Å². The Morgan fingerprint density at radius 1 is 1.07 bits per heavy atom. The Hall–Kier alpha value is -1.70. The van der Waals surface area contributed by atoms with E-state index in [4.69, 9.17) is 0 Å². The van der Waals surface area contributed by atoms with Gasteiger partial charge in [-0.15, -0.1) is 0 Å². The van der Waals surface area contributed by atoms with Crippen LogP contribution in [0.1, 0.15) is 11.1 Å². The molecule has 2 aromatic carbocycles. The predicted octanol–water partition coefficient (Wildman–Crippen LogP) is 3.85. The van der Waals surface area contributed by atoms with Crippen LogP contribution in [0.25, 0.3) is 16.6 Å². The SMILES string of the molecule is FC1=CCc2cccc3cc(F)cc1c23. The Morgan fingerprint density at radius 3 is 2.80 bits per heavy atom. The zero-order valence-corrected chi connectivity index (χ0v) is 7.93. The van der Waals surface area contributed by atoms with Crippen LogP contribution in [0.4, 0.5) is 8.78 Å². The number of halogens is 2. The van der Waals surface area contributed by atoms with Crippen molar-refractivity contribution in [3.8, 4) is 0 Å². The molecule has 0 heterocycles. The highest BCUT2D eigenvalue weighted by atomic mass is 19.1. The summed E-state index contributed by atoms with van der Waals surface area (Å²) in [6, 6.07) is 8.34. The molecule has 3 rings (SSSR count). The molecule has 0 radical (unpaired) electrons. The number of rotatable bonds is 0. The third-order valence-corrected chi connectivity index (χ3v) is 2.79. The molecule has 2 heteroatoms. The second kappa shape index (κ2) is 2.89. The molecule has 1 aliphatic carbocycles. The lowest BCUT2D eigenvalue weighted by Gasteiger charge is -2.14. The van der Waals surface area contributed by atoms with Gasteiger partial charge in [-0.2, -0.15) is 0 Å². The van der Waals surface area contributed by atoms with Crippen molar-refractivity contribution in [3.05, 3.63) is 53.4 Å². The fourth-order valence-electron chi connectivity index (χ4n) is 2.14. The highest BCUT2D eigenvalue weighted by Gasteiger charge is 2.15. The van der Waals surface area contributed by atoms with Gasteiger partial charge in [-0.05, 0) is 41.0 Å². The monoisotopic (exact) mass is 202 g/mol. The van der Waals surface area contributed by atoms with Gasteiger partial charge in [-0.25, -0.2) is 8.78 Å². The molecular formula is C13H8F2. The second-order valence-electron chi connectivity index (χ2n) is 3.72. The lowest BCUT2D eigenvalue weighted by Crippen LogP contribution is -1.96. The van der Waals surface area contributed by atoms with Gasteiger partial charge in [0.05, 0.1) is 0 Å². The van der Waals surface area contributed by atoms with Crippen LogP contribution in [-0.4, -0.2) is 0 Å². The molecule has 0 nitrogen and oxygen atoms in total. The van der Waals surface area contributed by atoms with E-state index in [1.165, 1.54) is 18.2 Å². The topological polar surface area (TPSA) is 0 Å². The highest BCUT2D eigenvalue weighted by molar-refractivity contribution is 5.96. The van der Waals surface area contributed by atoms with Gasteiger partial charge < -0.3 is 0 Å². The van der Waals surface area contributed by atoms with Gasteiger partial charge in [-0.3, -0.25) is 0 Å². The van der Waals surface area contributed by atoms with E-state index in [1.807, 2.05) is 18.2 Å². The first-order valence-corrected chi connectivity index (χ1v) is 4.83. The van der Waals surface area contributed by atoms with E-state index in [-0.39, 0.29) is 11.6 Å². The van der Waals surface area contributed by atoms with Gasteiger partial charge in [-0.1, -0.05) is 18.2 Å². The van der Waals surface area contributed by atoms with Crippen molar-refractivity contribution in [3.63, 3.8) is 0 Å². The minimum absolute atomic E-state index is 0.321. The van der Waals surface area contributed by atoms with Crippen LogP contribution in [-0.2, 0) is 6.42 Å². The van der Waals surface area contributed by atoms with E-state index >= 15 is 0 Å². The van der Waals surface area contributed by atoms with Crippen LogP contribution in [0.2, 0.25) is 0 Å². The summed E-state index contributed by atoms with van der Waals surface area (Å²) in [5.74, 6) is -0.710. The molecule has 0 bridgehead atoms. The first kappa shape index (κ1) is 8.60. The summed E-state index contributed by atoms with van der Waals surface area (Å²) in [5, 5.41) is 1.62. The molecule has 0 saturated carbocycles. The number of hydrogen-bond donors (Lipinski definition) is 0. The van der Waals surface area contributed by atoms with Crippen molar-refractivity contribution in [1.29, 1.82) is 0 Å². The molecule has 1 aliphatic rings. The zero-order valence-electron chi connectivity index (χ0n) is 7.93. The second-order valence-corrected chi connectivity index (χ2v) is 3.72. The van der Waals surface area contributed by atoms with Crippen molar-refractivity contribution in [2.45, 2.75) is 6.42 Å². The van der Waals surface area contributed by atoms with E-state index < -0.39 is 0 Å². The number of hydrogen-bond acceptors (Lipinski definition) is 0. The minimum atomic E-state index is -0.389. The Kier molecular flexibility index (Phi) is 1.66. The quantitative estimate of drug-likeness (QED) is 0.608. The molecule has 0 amide bonds. The summed E-state index contributed by atoms with van der Waals surface area (Å²) in [7, 11) is 0. The first-order chi connectivity index (χ1) is 7.25. The van der Waals surface area contributed by atoms with E-state index in [0.29, 0.717) is 12.0 Å². The van der Waals surface area contributed by atoms with E-state index in [1.54, 1.807) is 0 Å². The molecule has 15 heavy (non-hydrogen) atoms. The number of allylic oxidation sites excluding steroid dienone is 1. The highest BCUT2D eigenvalue weighted by Crippen LogP contribution is 2.34. The fraction of sp³-hybridized carbons (Fsp3) is 0.0769. The molecule has 0 atom stereocenters. The fourth-order valence-corrected chi connectivity index (χ4v) is 2.14. The maximum Gasteiger partial charge on any atom is 0.127 e. The van der Waals surface area contributed by atoms with Crippen molar-refractivity contribution >= 4 is 16.6 Å². The van der Waals surface area contributed by atoms with Gasteiger partial charge in [0.1, 0.15) is 11.6 Å². The van der Waals surface area contributed by atoms with Crippen LogP contribution in [0.5, 0.6) is 0 Å². The average Bonchev–Trinajstić information content (AvgIpc) is 2.23. The molecule has 0 spiro atoms. The van der Waals surface area contributed by atoms with Gasteiger partial charge in [0, 0.05) is 5.56 Å². The van der Waals surface area contributed by atoms with Crippen molar-refractivity contribution in [2.24, 2.45) is 0 Å². The van der Waals surface area contributed by atoms with E-state index in [9.17, 15) is 8.78 Å². The van der Waals surface area contributed by atoms with Crippen LogP contribution in [0.15, 0.2) is 36.4 Å². The summed E-state index contributed by atoms with van der Waals surface area (Å²) in [5.41, 5.74) is 1.44. The first-order valence-electron chi connectivity index (χ1n) is 4.83. The summed E-state index contributed by atoms with van der Waals surface area (Å²) < 4.78 is 26.7. The standard InChI is InChI=1S/C13H8F2/c14-10-6-9-3-1-2-8-4-5-12(15)11(7-10)13(8)9/h1-3,5-7H,4H2. The van der Waals surface area contributed by atoms with Crippen LogP contribution in [0.3, 0.4) is 0 Å². The van der Waals surface area contributed by atoms with Gasteiger partial charge >= 0.3 is 0 Å². The lowest BCUT2D eigenvalue weighted by atomic mass is 9.92. The molecule has 0 aromatic heterocycles. The summed E-state index contributed by atoms with van der Waals surface area (Å²) in [4.78, 5) is 0. The van der Waals surface area contributed by atoms with Crippen LogP contribution < -0.4 is 0 Å². The normalized spacial score (nSPS) is 14.1. The Labute approximate surface area is 85.8 Å². The zero-order chi connectivity index (χ0) is 10.4. The molecule has 0 fully saturated rings.